The standard InChI is InChI=1S/C19H19NO6/c1-2-18(23)20-15(13-5-8-16(21)17(22)10-13)9-12-3-6-14(7-4-12)26-11-19(24)25/h2-8,10,15,21-22H,1,9,11H2,(H,20,23)(H,24,25). The second kappa shape index (κ2) is 8.57. The molecule has 0 saturated heterocycles. The van der Waals surface area contributed by atoms with E-state index in [1.54, 1.807) is 30.3 Å². The van der Waals surface area contributed by atoms with Crippen molar-refractivity contribution in [2.45, 2.75) is 12.5 Å². The lowest BCUT2D eigenvalue weighted by atomic mass is 9.98. The van der Waals surface area contributed by atoms with Gasteiger partial charge in [-0.1, -0.05) is 24.8 Å². The minimum atomic E-state index is -1.06. The number of nitrogens with one attached hydrogen (secondary N) is 1. The molecule has 1 atom stereocenters. The molecule has 1 amide bonds. The van der Waals surface area contributed by atoms with Gasteiger partial charge in [-0.05, 0) is 47.9 Å². The zero-order chi connectivity index (χ0) is 19.1. The normalized spacial score (nSPS) is 11.4. The zero-order valence-corrected chi connectivity index (χ0v) is 13.9. The molecule has 0 aliphatic heterocycles. The van der Waals surface area contributed by atoms with E-state index in [-0.39, 0.29) is 17.4 Å². The van der Waals surface area contributed by atoms with Crippen LogP contribution in [0.3, 0.4) is 0 Å². The van der Waals surface area contributed by atoms with Crippen LogP contribution in [0.4, 0.5) is 0 Å². The third-order valence-corrected chi connectivity index (χ3v) is 3.63. The monoisotopic (exact) mass is 357 g/mol. The predicted octanol–water partition coefficient (Wildman–Crippen LogP) is 2.15. The van der Waals surface area contributed by atoms with Crippen molar-refractivity contribution in [1.82, 2.24) is 5.32 Å². The fourth-order valence-electron chi connectivity index (χ4n) is 2.34. The van der Waals surface area contributed by atoms with E-state index >= 15 is 0 Å². The number of phenolic OH excluding ortho intramolecular Hbond substituents is 2. The largest absolute Gasteiger partial charge is 0.504 e. The van der Waals surface area contributed by atoms with Gasteiger partial charge >= 0.3 is 5.97 Å². The van der Waals surface area contributed by atoms with Gasteiger partial charge < -0.3 is 25.4 Å². The second-order valence-electron chi connectivity index (χ2n) is 5.54. The van der Waals surface area contributed by atoms with Crippen molar-refractivity contribution >= 4 is 11.9 Å². The van der Waals surface area contributed by atoms with E-state index in [2.05, 4.69) is 11.9 Å². The number of hydrogen-bond acceptors (Lipinski definition) is 5. The van der Waals surface area contributed by atoms with Crippen molar-refractivity contribution in [3.63, 3.8) is 0 Å². The summed E-state index contributed by atoms with van der Waals surface area (Å²) in [6, 6.07) is 10.7. The Morgan fingerprint density at radius 1 is 1.12 bits per heavy atom. The van der Waals surface area contributed by atoms with Crippen LogP contribution in [0.1, 0.15) is 17.2 Å². The lowest BCUT2D eigenvalue weighted by Gasteiger charge is -2.19. The fourth-order valence-corrected chi connectivity index (χ4v) is 2.34. The van der Waals surface area contributed by atoms with E-state index in [9.17, 15) is 19.8 Å². The molecule has 0 aromatic heterocycles. The molecular weight excluding hydrogens is 338 g/mol. The summed E-state index contributed by atoms with van der Waals surface area (Å²) in [4.78, 5) is 22.2. The van der Waals surface area contributed by atoms with Crippen molar-refractivity contribution < 1.29 is 29.6 Å². The van der Waals surface area contributed by atoms with E-state index in [0.717, 1.165) is 11.6 Å². The molecule has 1 unspecified atom stereocenters. The highest BCUT2D eigenvalue weighted by molar-refractivity contribution is 5.87. The summed E-state index contributed by atoms with van der Waals surface area (Å²) < 4.78 is 5.08. The number of phenols is 2. The van der Waals surface area contributed by atoms with Crippen LogP contribution < -0.4 is 10.1 Å². The maximum atomic E-state index is 11.7. The van der Waals surface area contributed by atoms with Gasteiger partial charge in [-0.3, -0.25) is 4.79 Å². The molecule has 0 heterocycles. The van der Waals surface area contributed by atoms with Gasteiger partial charge in [0.05, 0.1) is 6.04 Å². The molecule has 0 fully saturated rings. The highest BCUT2D eigenvalue weighted by Crippen LogP contribution is 2.29. The molecule has 2 rings (SSSR count). The van der Waals surface area contributed by atoms with Gasteiger partial charge in [0.1, 0.15) is 5.75 Å². The molecule has 0 radical (unpaired) electrons. The molecule has 0 aliphatic carbocycles. The Kier molecular flexibility index (Phi) is 6.21. The highest BCUT2D eigenvalue weighted by atomic mass is 16.5. The number of carboxylic acid groups (broad SMARTS) is 1. The first kappa shape index (κ1) is 18.9. The molecule has 7 heteroatoms. The second-order valence-corrected chi connectivity index (χ2v) is 5.54. The number of aliphatic carboxylic acids is 1. The number of carbonyl (C=O) groups is 2. The number of benzene rings is 2. The molecular formula is C19H19NO6. The maximum Gasteiger partial charge on any atom is 0.341 e. The van der Waals surface area contributed by atoms with Crippen LogP contribution in [0.5, 0.6) is 17.2 Å². The van der Waals surface area contributed by atoms with Crippen LogP contribution in [0.15, 0.2) is 55.1 Å². The van der Waals surface area contributed by atoms with Crippen molar-refractivity contribution in [2.24, 2.45) is 0 Å². The van der Waals surface area contributed by atoms with E-state index in [4.69, 9.17) is 9.84 Å². The van der Waals surface area contributed by atoms with Crippen LogP contribution in [-0.4, -0.2) is 33.8 Å². The smallest absolute Gasteiger partial charge is 0.341 e. The quantitative estimate of drug-likeness (QED) is 0.425. The van der Waals surface area contributed by atoms with Gasteiger partial charge in [-0.25, -0.2) is 4.79 Å². The summed E-state index contributed by atoms with van der Waals surface area (Å²) in [6.45, 7) is 3.00. The summed E-state index contributed by atoms with van der Waals surface area (Å²) in [7, 11) is 0. The Labute approximate surface area is 150 Å². The third-order valence-electron chi connectivity index (χ3n) is 3.63. The first-order valence-electron chi connectivity index (χ1n) is 7.77. The molecule has 7 nitrogen and oxygen atoms in total. The average Bonchev–Trinajstić information content (AvgIpc) is 2.62. The molecule has 4 N–H and O–H groups in total. The van der Waals surface area contributed by atoms with Crippen LogP contribution in [0.25, 0.3) is 0 Å². The minimum Gasteiger partial charge on any atom is -0.504 e. The summed E-state index contributed by atoms with van der Waals surface area (Å²) in [6.07, 6.45) is 1.55. The Morgan fingerprint density at radius 3 is 2.38 bits per heavy atom. The van der Waals surface area contributed by atoms with Gasteiger partial charge in [0.2, 0.25) is 5.91 Å². The molecule has 2 aromatic rings. The van der Waals surface area contributed by atoms with Gasteiger partial charge in [-0.15, -0.1) is 0 Å². The van der Waals surface area contributed by atoms with Crippen molar-refractivity contribution in [3.8, 4) is 17.2 Å². The predicted molar refractivity (Wildman–Crippen MR) is 94.1 cm³/mol. The number of amides is 1. The number of aromatic hydroxyl groups is 2. The van der Waals surface area contributed by atoms with Gasteiger partial charge in [0.15, 0.2) is 18.1 Å². The summed E-state index contributed by atoms with van der Waals surface area (Å²) >= 11 is 0. The van der Waals surface area contributed by atoms with Gasteiger partial charge in [0, 0.05) is 0 Å². The first-order chi connectivity index (χ1) is 12.4. The number of rotatable bonds is 8. The van der Waals surface area contributed by atoms with Crippen molar-refractivity contribution in [1.29, 1.82) is 0 Å². The first-order valence-corrected chi connectivity index (χ1v) is 7.77. The van der Waals surface area contributed by atoms with Gasteiger partial charge in [0.25, 0.3) is 0 Å². The van der Waals surface area contributed by atoms with Crippen LogP contribution in [0.2, 0.25) is 0 Å². The van der Waals surface area contributed by atoms with E-state index < -0.39 is 18.6 Å². The SMILES string of the molecule is C=CC(=O)NC(Cc1ccc(OCC(=O)O)cc1)c1ccc(O)c(O)c1. The molecule has 0 saturated carbocycles. The Morgan fingerprint density at radius 2 is 1.81 bits per heavy atom. The fraction of sp³-hybridized carbons (Fsp3) is 0.158. The van der Waals surface area contributed by atoms with Gasteiger partial charge in [-0.2, -0.15) is 0 Å². The molecule has 2 aromatic carbocycles. The number of hydrogen-bond donors (Lipinski definition) is 4. The number of carboxylic acids is 1. The molecule has 26 heavy (non-hydrogen) atoms. The lowest BCUT2D eigenvalue weighted by Crippen LogP contribution is -2.28. The molecule has 136 valence electrons. The van der Waals surface area contributed by atoms with E-state index in [0.29, 0.717) is 17.7 Å². The maximum absolute atomic E-state index is 11.7. The zero-order valence-electron chi connectivity index (χ0n) is 13.9. The topological polar surface area (TPSA) is 116 Å². The number of ether oxygens (including phenoxy) is 1. The Balaban J connectivity index is 2.17. The van der Waals surface area contributed by atoms with E-state index in [1.165, 1.54) is 12.1 Å². The van der Waals surface area contributed by atoms with Crippen molar-refractivity contribution in [2.75, 3.05) is 6.61 Å². The van der Waals surface area contributed by atoms with Crippen LogP contribution in [0, 0.1) is 0 Å². The summed E-state index contributed by atoms with van der Waals surface area (Å²) in [5.74, 6) is -1.54. The molecule has 0 bridgehead atoms. The highest BCUT2D eigenvalue weighted by Gasteiger charge is 2.16. The summed E-state index contributed by atoms with van der Waals surface area (Å²) in [5, 5.41) is 30.5. The average molecular weight is 357 g/mol. The van der Waals surface area contributed by atoms with E-state index in [1.807, 2.05) is 0 Å². The lowest BCUT2D eigenvalue weighted by molar-refractivity contribution is -0.139. The Hall–Kier alpha value is -3.48. The molecule has 0 aliphatic rings. The number of carbonyl (C=O) groups excluding carboxylic acids is 1. The van der Waals surface area contributed by atoms with Crippen molar-refractivity contribution in [3.05, 3.63) is 66.2 Å². The van der Waals surface area contributed by atoms with Crippen LogP contribution >= 0.6 is 0 Å². The summed E-state index contributed by atoms with van der Waals surface area (Å²) in [5.41, 5.74) is 1.47. The Bertz CT molecular complexity index is 800. The molecule has 0 spiro atoms. The minimum absolute atomic E-state index is 0.248. The third kappa shape index (κ3) is 5.27. The van der Waals surface area contributed by atoms with Crippen LogP contribution in [-0.2, 0) is 16.0 Å².